The summed E-state index contributed by atoms with van der Waals surface area (Å²) >= 11 is 0. The lowest BCUT2D eigenvalue weighted by molar-refractivity contribution is 0.363. The van der Waals surface area contributed by atoms with E-state index in [2.05, 4.69) is 6.92 Å². The summed E-state index contributed by atoms with van der Waals surface area (Å²) in [6.45, 7) is 3.08. The van der Waals surface area contributed by atoms with Crippen molar-refractivity contribution in [2.45, 2.75) is 31.8 Å². The number of phenolic OH excluding ortho intramolecular Hbond substituents is 1. The molecule has 1 saturated heterocycles. The highest BCUT2D eigenvalue weighted by atomic mass is 16.6. The van der Waals surface area contributed by atoms with E-state index in [1.807, 2.05) is 12.1 Å². The zero-order valence-corrected chi connectivity index (χ0v) is 8.44. The first-order valence-electron chi connectivity index (χ1n) is 5.21. The number of benzene rings is 1. The van der Waals surface area contributed by atoms with E-state index in [-0.39, 0.29) is 0 Å². The van der Waals surface area contributed by atoms with Crippen LogP contribution < -0.4 is 0 Å². The molecule has 1 N–H and O–H groups in total. The van der Waals surface area contributed by atoms with Crippen LogP contribution in [0.1, 0.15) is 31.2 Å². The Balaban J connectivity index is 2.13. The quantitative estimate of drug-likeness (QED) is 0.744. The lowest BCUT2D eigenvalue weighted by Crippen LogP contribution is -2.05. The lowest BCUT2D eigenvalue weighted by atomic mass is 9.92. The van der Waals surface area contributed by atoms with Crippen LogP contribution in [0.5, 0.6) is 5.75 Å². The topological polar surface area (TPSA) is 32.8 Å². The molecule has 0 aromatic heterocycles. The summed E-state index contributed by atoms with van der Waals surface area (Å²) in [4.78, 5) is 0. The van der Waals surface area contributed by atoms with Gasteiger partial charge in [-0.3, -0.25) is 0 Å². The van der Waals surface area contributed by atoms with E-state index in [1.165, 1.54) is 12.0 Å². The fourth-order valence-electron chi connectivity index (χ4n) is 1.89. The van der Waals surface area contributed by atoms with Crippen molar-refractivity contribution in [3.63, 3.8) is 0 Å². The second kappa shape index (κ2) is 4.01. The van der Waals surface area contributed by atoms with Gasteiger partial charge in [0.1, 0.15) is 5.75 Å². The van der Waals surface area contributed by atoms with Crippen molar-refractivity contribution >= 4 is 0 Å². The maximum Gasteiger partial charge on any atom is 0.115 e. The summed E-state index contributed by atoms with van der Waals surface area (Å²) in [5, 5.41) is 9.19. The third kappa shape index (κ3) is 2.07. The fraction of sp³-hybridized carbons (Fsp3) is 0.500. The Bertz CT molecular complexity index is 288. The second-order valence-corrected chi connectivity index (χ2v) is 3.86. The van der Waals surface area contributed by atoms with Crippen molar-refractivity contribution in [1.82, 2.24) is 0 Å². The molecule has 1 aliphatic rings. The zero-order valence-electron chi connectivity index (χ0n) is 8.44. The molecule has 1 fully saturated rings. The van der Waals surface area contributed by atoms with E-state index in [0.29, 0.717) is 17.8 Å². The van der Waals surface area contributed by atoms with Gasteiger partial charge in [0.15, 0.2) is 0 Å². The molecule has 0 aliphatic carbocycles. The van der Waals surface area contributed by atoms with Gasteiger partial charge < -0.3 is 9.84 Å². The minimum absolute atomic E-state index is 0.334. The van der Waals surface area contributed by atoms with Crippen molar-refractivity contribution in [3.05, 3.63) is 29.8 Å². The van der Waals surface area contributed by atoms with Gasteiger partial charge in [0.25, 0.3) is 0 Å². The number of aromatic hydroxyl groups is 1. The van der Waals surface area contributed by atoms with Gasteiger partial charge >= 0.3 is 0 Å². The van der Waals surface area contributed by atoms with E-state index in [4.69, 9.17) is 4.74 Å². The number of ether oxygens (including phenoxy) is 1. The molecule has 1 heterocycles. The second-order valence-electron chi connectivity index (χ2n) is 3.86. The number of rotatable bonds is 4. The average molecular weight is 192 g/mol. The number of hydrogen-bond donors (Lipinski definition) is 1. The molecule has 0 bridgehead atoms. The highest BCUT2D eigenvalue weighted by molar-refractivity contribution is 5.29. The Kier molecular flexibility index (Phi) is 2.73. The van der Waals surface area contributed by atoms with Gasteiger partial charge in [-0.1, -0.05) is 25.5 Å². The van der Waals surface area contributed by atoms with Crippen LogP contribution in [0.15, 0.2) is 24.3 Å². The van der Waals surface area contributed by atoms with Crippen LogP contribution in [-0.4, -0.2) is 17.8 Å². The highest BCUT2D eigenvalue weighted by Gasteiger charge is 2.32. The molecule has 14 heavy (non-hydrogen) atoms. The van der Waals surface area contributed by atoms with Crippen LogP contribution in [0.25, 0.3) is 0 Å². The van der Waals surface area contributed by atoms with E-state index in [9.17, 15) is 5.11 Å². The molecule has 2 heteroatoms. The molecule has 1 aliphatic heterocycles. The summed E-state index contributed by atoms with van der Waals surface area (Å²) in [6, 6.07) is 7.50. The molecule has 2 unspecified atom stereocenters. The Hall–Kier alpha value is -1.02. The van der Waals surface area contributed by atoms with Crippen LogP contribution in [-0.2, 0) is 4.74 Å². The van der Waals surface area contributed by atoms with Gasteiger partial charge in [0.05, 0.1) is 12.7 Å². The minimum Gasteiger partial charge on any atom is -0.508 e. The molecule has 2 rings (SSSR count). The van der Waals surface area contributed by atoms with Gasteiger partial charge in [-0.05, 0) is 24.1 Å². The van der Waals surface area contributed by atoms with E-state index in [0.717, 1.165) is 13.0 Å². The van der Waals surface area contributed by atoms with Crippen LogP contribution >= 0.6 is 0 Å². The summed E-state index contributed by atoms with van der Waals surface area (Å²) in [7, 11) is 0. The third-order valence-electron chi connectivity index (χ3n) is 2.73. The predicted molar refractivity (Wildman–Crippen MR) is 55.5 cm³/mol. The average Bonchev–Trinajstić information content (AvgIpc) is 2.99. The molecule has 0 spiro atoms. The van der Waals surface area contributed by atoms with E-state index >= 15 is 0 Å². The molecule has 1 aromatic carbocycles. The fourth-order valence-corrected chi connectivity index (χ4v) is 1.89. The van der Waals surface area contributed by atoms with Crippen molar-refractivity contribution in [2.24, 2.45) is 0 Å². The van der Waals surface area contributed by atoms with E-state index in [1.54, 1.807) is 12.1 Å². The zero-order chi connectivity index (χ0) is 9.97. The monoisotopic (exact) mass is 192 g/mol. The van der Waals surface area contributed by atoms with E-state index < -0.39 is 0 Å². The first kappa shape index (κ1) is 9.53. The summed E-state index contributed by atoms with van der Waals surface area (Å²) in [5.74, 6) is 0.848. The molecule has 0 amide bonds. The first-order valence-corrected chi connectivity index (χ1v) is 5.21. The Morgan fingerprint density at radius 2 is 2.07 bits per heavy atom. The van der Waals surface area contributed by atoms with Crippen molar-refractivity contribution < 1.29 is 9.84 Å². The largest absolute Gasteiger partial charge is 0.508 e. The SMILES string of the molecule is CCCC(c1ccc(O)cc1)C1CO1. The third-order valence-corrected chi connectivity index (χ3v) is 2.73. The van der Waals surface area contributed by atoms with Crippen LogP contribution in [0.3, 0.4) is 0 Å². The number of hydrogen-bond acceptors (Lipinski definition) is 2. The molecule has 2 nitrogen and oxygen atoms in total. The molecule has 0 saturated carbocycles. The summed E-state index contributed by atoms with van der Waals surface area (Å²) in [6.07, 6.45) is 2.75. The highest BCUT2D eigenvalue weighted by Crippen LogP contribution is 2.34. The molecule has 0 radical (unpaired) electrons. The van der Waals surface area contributed by atoms with Gasteiger partial charge in [0.2, 0.25) is 0 Å². The molecule has 2 atom stereocenters. The van der Waals surface area contributed by atoms with Crippen molar-refractivity contribution in [3.8, 4) is 5.75 Å². The van der Waals surface area contributed by atoms with Gasteiger partial charge in [-0.15, -0.1) is 0 Å². The van der Waals surface area contributed by atoms with Gasteiger partial charge in [-0.2, -0.15) is 0 Å². The Morgan fingerprint density at radius 1 is 1.43 bits per heavy atom. The summed E-state index contributed by atoms with van der Waals surface area (Å²) in [5.41, 5.74) is 1.28. The Labute approximate surface area is 84.5 Å². The van der Waals surface area contributed by atoms with Crippen LogP contribution in [0.2, 0.25) is 0 Å². The number of phenols is 1. The predicted octanol–water partition coefficient (Wildman–Crippen LogP) is 2.67. The Morgan fingerprint density at radius 3 is 2.57 bits per heavy atom. The molecular weight excluding hydrogens is 176 g/mol. The molecular formula is C12H16O2. The van der Waals surface area contributed by atoms with Crippen LogP contribution in [0, 0.1) is 0 Å². The van der Waals surface area contributed by atoms with Gasteiger partial charge in [0, 0.05) is 5.92 Å². The van der Waals surface area contributed by atoms with Gasteiger partial charge in [-0.25, -0.2) is 0 Å². The summed E-state index contributed by atoms with van der Waals surface area (Å²) < 4.78 is 5.35. The van der Waals surface area contributed by atoms with Crippen molar-refractivity contribution in [1.29, 1.82) is 0 Å². The standard InChI is InChI=1S/C12H16O2/c1-2-3-11(12-8-14-12)9-4-6-10(13)7-5-9/h4-7,11-13H,2-3,8H2,1H3. The van der Waals surface area contributed by atoms with Crippen LogP contribution in [0.4, 0.5) is 0 Å². The lowest BCUT2D eigenvalue weighted by Gasteiger charge is -2.13. The first-order chi connectivity index (χ1) is 6.81. The maximum absolute atomic E-state index is 9.19. The molecule has 76 valence electrons. The minimum atomic E-state index is 0.334. The smallest absolute Gasteiger partial charge is 0.115 e. The maximum atomic E-state index is 9.19. The van der Waals surface area contributed by atoms with Crippen molar-refractivity contribution in [2.75, 3.05) is 6.61 Å². The molecule has 1 aromatic rings. The normalized spacial score (nSPS) is 21.9. The number of epoxide rings is 1.